The summed E-state index contributed by atoms with van der Waals surface area (Å²) in [5.41, 5.74) is 0.995. The molecular formula is C12H10FN3OS. The second kappa shape index (κ2) is 4.47. The zero-order chi connectivity index (χ0) is 12.5. The number of anilines is 1. The summed E-state index contributed by atoms with van der Waals surface area (Å²) in [6.45, 7) is 1.50. The Morgan fingerprint density at radius 3 is 3.00 bits per heavy atom. The standard InChI is InChI=1S/C12H10FN3OS/c13-8-4-2-1-3-7(8)11(17)16-12-15-9-5-14-6-10(9)18-12/h1-4,14H,5-6H2,(H,15,16,17). The van der Waals surface area contributed by atoms with Crippen molar-refractivity contribution in [2.75, 3.05) is 5.32 Å². The highest BCUT2D eigenvalue weighted by atomic mass is 32.1. The van der Waals surface area contributed by atoms with Crippen molar-refractivity contribution in [2.24, 2.45) is 0 Å². The predicted molar refractivity (Wildman–Crippen MR) is 67.0 cm³/mol. The van der Waals surface area contributed by atoms with Crippen molar-refractivity contribution in [3.63, 3.8) is 0 Å². The maximum atomic E-state index is 13.4. The monoisotopic (exact) mass is 263 g/mol. The number of halogens is 1. The van der Waals surface area contributed by atoms with Gasteiger partial charge < -0.3 is 5.32 Å². The van der Waals surface area contributed by atoms with E-state index in [1.807, 2.05) is 0 Å². The van der Waals surface area contributed by atoms with Crippen LogP contribution < -0.4 is 10.6 Å². The number of amides is 1. The zero-order valence-corrected chi connectivity index (χ0v) is 10.2. The van der Waals surface area contributed by atoms with Crippen LogP contribution in [0.2, 0.25) is 0 Å². The van der Waals surface area contributed by atoms with Gasteiger partial charge in [0.15, 0.2) is 5.13 Å². The number of fused-ring (bicyclic) bond motifs is 1. The summed E-state index contributed by atoms with van der Waals surface area (Å²) in [7, 11) is 0. The number of carbonyl (C=O) groups is 1. The zero-order valence-electron chi connectivity index (χ0n) is 9.37. The van der Waals surface area contributed by atoms with Gasteiger partial charge in [-0.3, -0.25) is 10.1 Å². The molecule has 4 nitrogen and oxygen atoms in total. The molecule has 0 unspecified atom stereocenters. The third-order valence-electron chi connectivity index (χ3n) is 2.70. The first-order chi connectivity index (χ1) is 8.74. The lowest BCUT2D eigenvalue weighted by atomic mass is 10.2. The van der Waals surface area contributed by atoms with Gasteiger partial charge in [0.25, 0.3) is 5.91 Å². The molecule has 1 aliphatic heterocycles. The Kier molecular flexibility index (Phi) is 2.81. The van der Waals surface area contributed by atoms with Gasteiger partial charge in [-0.05, 0) is 12.1 Å². The fraction of sp³-hybridized carbons (Fsp3) is 0.167. The molecule has 0 aliphatic carbocycles. The van der Waals surface area contributed by atoms with Crippen LogP contribution >= 0.6 is 11.3 Å². The molecule has 1 aromatic heterocycles. The topological polar surface area (TPSA) is 54.0 Å². The molecule has 0 atom stereocenters. The first-order valence-electron chi connectivity index (χ1n) is 5.49. The van der Waals surface area contributed by atoms with E-state index in [1.165, 1.54) is 23.5 Å². The summed E-state index contributed by atoms with van der Waals surface area (Å²) >= 11 is 1.42. The van der Waals surface area contributed by atoms with Gasteiger partial charge in [-0.1, -0.05) is 12.1 Å². The largest absolute Gasteiger partial charge is 0.306 e. The normalized spacial score (nSPS) is 13.4. The van der Waals surface area contributed by atoms with Crippen molar-refractivity contribution in [3.8, 4) is 0 Å². The van der Waals surface area contributed by atoms with E-state index in [-0.39, 0.29) is 5.56 Å². The Morgan fingerprint density at radius 2 is 2.22 bits per heavy atom. The minimum Gasteiger partial charge on any atom is -0.306 e. The van der Waals surface area contributed by atoms with E-state index in [2.05, 4.69) is 15.6 Å². The molecule has 1 amide bonds. The Morgan fingerprint density at radius 1 is 1.39 bits per heavy atom. The molecule has 92 valence electrons. The summed E-state index contributed by atoms with van der Waals surface area (Å²) in [5.74, 6) is -0.991. The van der Waals surface area contributed by atoms with E-state index in [4.69, 9.17) is 0 Å². The van der Waals surface area contributed by atoms with Crippen molar-refractivity contribution in [1.29, 1.82) is 0 Å². The number of hydrogen-bond acceptors (Lipinski definition) is 4. The Hall–Kier alpha value is -1.79. The van der Waals surface area contributed by atoms with Gasteiger partial charge in [0.1, 0.15) is 5.82 Å². The van der Waals surface area contributed by atoms with Gasteiger partial charge in [-0.15, -0.1) is 11.3 Å². The Labute approximate surface area is 107 Å². The molecule has 0 saturated heterocycles. The van der Waals surface area contributed by atoms with Gasteiger partial charge in [0.2, 0.25) is 0 Å². The van der Waals surface area contributed by atoms with E-state index >= 15 is 0 Å². The maximum absolute atomic E-state index is 13.4. The molecule has 0 bridgehead atoms. The number of benzene rings is 1. The molecule has 2 N–H and O–H groups in total. The minimum atomic E-state index is -0.527. The minimum absolute atomic E-state index is 0.0333. The fourth-order valence-corrected chi connectivity index (χ4v) is 2.76. The van der Waals surface area contributed by atoms with Crippen LogP contribution in [0, 0.1) is 5.82 Å². The lowest BCUT2D eigenvalue weighted by Crippen LogP contribution is -2.13. The number of aromatic nitrogens is 1. The van der Waals surface area contributed by atoms with Gasteiger partial charge in [0.05, 0.1) is 11.3 Å². The molecular weight excluding hydrogens is 253 g/mol. The molecule has 0 radical (unpaired) electrons. The second-order valence-electron chi connectivity index (χ2n) is 3.93. The predicted octanol–water partition coefficient (Wildman–Crippen LogP) is 2.14. The number of rotatable bonds is 2. The quantitative estimate of drug-likeness (QED) is 0.872. The van der Waals surface area contributed by atoms with Crippen LogP contribution in [0.1, 0.15) is 20.9 Å². The van der Waals surface area contributed by atoms with Crippen molar-refractivity contribution in [1.82, 2.24) is 10.3 Å². The van der Waals surface area contributed by atoms with Gasteiger partial charge >= 0.3 is 0 Å². The van der Waals surface area contributed by atoms with Crippen LogP contribution in [0.5, 0.6) is 0 Å². The Balaban J connectivity index is 1.80. The number of nitrogens with zero attached hydrogens (tertiary/aromatic N) is 1. The summed E-state index contributed by atoms with van der Waals surface area (Å²) in [4.78, 5) is 17.3. The van der Waals surface area contributed by atoms with Crippen molar-refractivity contribution in [3.05, 3.63) is 46.2 Å². The number of thiazole rings is 1. The van der Waals surface area contributed by atoms with Crippen LogP contribution in [0.25, 0.3) is 0 Å². The second-order valence-corrected chi connectivity index (χ2v) is 5.01. The van der Waals surface area contributed by atoms with E-state index in [0.717, 1.165) is 23.7 Å². The highest BCUT2D eigenvalue weighted by Crippen LogP contribution is 2.26. The fourth-order valence-electron chi connectivity index (χ4n) is 1.82. The average Bonchev–Trinajstić information content (AvgIpc) is 2.90. The molecule has 0 fully saturated rings. The summed E-state index contributed by atoms with van der Waals surface area (Å²) in [5, 5.41) is 6.32. The number of carbonyl (C=O) groups excluding carboxylic acids is 1. The summed E-state index contributed by atoms with van der Waals surface area (Å²) < 4.78 is 13.4. The molecule has 3 rings (SSSR count). The van der Waals surface area contributed by atoms with Crippen LogP contribution in [0.4, 0.5) is 9.52 Å². The summed E-state index contributed by atoms with van der Waals surface area (Å²) in [6, 6.07) is 5.90. The number of hydrogen-bond donors (Lipinski definition) is 2. The number of nitrogens with one attached hydrogen (secondary N) is 2. The average molecular weight is 263 g/mol. The van der Waals surface area contributed by atoms with E-state index in [1.54, 1.807) is 12.1 Å². The van der Waals surface area contributed by atoms with Crippen LogP contribution in [0.3, 0.4) is 0 Å². The molecule has 1 aromatic carbocycles. The van der Waals surface area contributed by atoms with E-state index < -0.39 is 11.7 Å². The molecule has 2 aromatic rings. The molecule has 6 heteroatoms. The summed E-state index contributed by atoms with van der Waals surface area (Å²) in [6.07, 6.45) is 0. The van der Waals surface area contributed by atoms with Crippen molar-refractivity contribution in [2.45, 2.75) is 13.1 Å². The highest BCUT2D eigenvalue weighted by molar-refractivity contribution is 7.15. The molecule has 2 heterocycles. The van der Waals surface area contributed by atoms with E-state index in [9.17, 15) is 9.18 Å². The third kappa shape index (κ3) is 2.00. The maximum Gasteiger partial charge on any atom is 0.260 e. The Bertz CT molecular complexity index is 590. The molecule has 0 spiro atoms. The van der Waals surface area contributed by atoms with Crippen LogP contribution in [0.15, 0.2) is 24.3 Å². The highest BCUT2D eigenvalue weighted by Gasteiger charge is 2.18. The molecule has 1 aliphatic rings. The van der Waals surface area contributed by atoms with Crippen LogP contribution in [-0.4, -0.2) is 10.9 Å². The third-order valence-corrected chi connectivity index (χ3v) is 3.71. The molecule has 0 saturated carbocycles. The first-order valence-corrected chi connectivity index (χ1v) is 6.31. The lowest BCUT2D eigenvalue weighted by Gasteiger charge is -2.02. The SMILES string of the molecule is O=C(Nc1nc2c(s1)CNC2)c1ccccc1F. The smallest absolute Gasteiger partial charge is 0.260 e. The van der Waals surface area contributed by atoms with Gasteiger partial charge in [-0.25, -0.2) is 9.37 Å². The van der Waals surface area contributed by atoms with Crippen LogP contribution in [-0.2, 0) is 13.1 Å². The van der Waals surface area contributed by atoms with E-state index in [0.29, 0.717) is 5.13 Å². The molecule has 18 heavy (non-hydrogen) atoms. The van der Waals surface area contributed by atoms with Crippen molar-refractivity contribution >= 4 is 22.4 Å². The van der Waals surface area contributed by atoms with Gasteiger partial charge in [0, 0.05) is 18.0 Å². The van der Waals surface area contributed by atoms with Gasteiger partial charge in [-0.2, -0.15) is 0 Å². The lowest BCUT2D eigenvalue weighted by molar-refractivity contribution is 0.102. The first kappa shape index (κ1) is 11.3. The van der Waals surface area contributed by atoms with Crippen molar-refractivity contribution < 1.29 is 9.18 Å².